The summed E-state index contributed by atoms with van der Waals surface area (Å²) >= 11 is 5.43. The van der Waals surface area contributed by atoms with E-state index in [4.69, 9.17) is 16.3 Å². The molecular formula is C12H14ClNO2. The molecule has 2 rings (SSSR count). The van der Waals surface area contributed by atoms with Crippen LogP contribution in [0.1, 0.15) is 17.9 Å². The molecule has 1 amide bonds. The average molecular weight is 240 g/mol. The maximum absolute atomic E-state index is 11.1. The van der Waals surface area contributed by atoms with Crippen LogP contribution in [0.25, 0.3) is 0 Å². The maximum atomic E-state index is 11.1. The van der Waals surface area contributed by atoms with Crippen LogP contribution in [0.4, 0.5) is 0 Å². The largest absolute Gasteiger partial charge is 0.497 e. The molecule has 86 valence electrons. The van der Waals surface area contributed by atoms with Crippen LogP contribution in [0.3, 0.4) is 0 Å². The minimum Gasteiger partial charge on any atom is -0.497 e. The number of alkyl halides is 1. The molecule has 1 saturated carbocycles. The fourth-order valence-corrected chi connectivity index (χ4v) is 1.92. The third kappa shape index (κ3) is 2.47. The predicted octanol–water partition coefficient (Wildman–Crippen LogP) is 1.91. The van der Waals surface area contributed by atoms with E-state index in [1.807, 2.05) is 18.2 Å². The molecule has 0 aromatic heterocycles. The average Bonchev–Trinajstić information content (AvgIpc) is 3.08. The number of hydrogen-bond donors (Lipinski definition) is 1. The van der Waals surface area contributed by atoms with Crippen molar-refractivity contribution in [3.05, 3.63) is 29.8 Å². The van der Waals surface area contributed by atoms with Gasteiger partial charge in [0.25, 0.3) is 0 Å². The van der Waals surface area contributed by atoms with Gasteiger partial charge in [-0.05, 0) is 24.1 Å². The van der Waals surface area contributed by atoms with Crippen molar-refractivity contribution in [2.24, 2.45) is 0 Å². The van der Waals surface area contributed by atoms with Crippen molar-refractivity contribution in [2.75, 3.05) is 13.0 Å². The zero-order valence-corrected chi connectivity index (χ0v) is 9.83. The first-order chi connectivity index (χ1) is 7.74. The van der Waals surface area contributed by atoms with Gasteiger partial charge in [-0.15, -0.1) is 11.6 Å². The van der Waals surface area contributed by atoms with Gasteiger partial charge >= 0.3 is 0 Å². The van der Waals surface area contributed by atoms with E-state index in [1.165, 1.54) is 5.56 Å². The second-order valence-electron chi connectivity index (χ2n) is 3.93. The summed E-state index contributed by atoms with van der Waals surface area (Å²) in [6, 6.07) is 8.18. The van der Waals surface area contributed by atoms with E-state index in [-0.39, 0.29) is 17.8 Å². The lowest BCUT2D eigenvalue weighted by molar-refractivity contribution is -0.118. The Labute approximate surface area is 99.7 Å². The van der Waals surface area contributed by atoms with E-state index in [2.05, 4.69) is 11.4 Å². The Balaban J connectivity index is 1.97. The van der Waals surface area contributed by atoms with Crippen molar-refractivity contribution in [3.63, 3.8) is 0 Å². The molecule has 0 heterocycles. The predicted molar refractivity (Wildman–Crippen MR) is 63.0 cm³/mol. The summed E-state index contributed by atoms with van der Waals surface area (Å²) in [6.45, 7) is 0. The first-order valence-corrected chi connectivity index (χ1v) is 5.77. The monoisotopic (exact) mass is 239 g/mol. The Morgan fingerprint density at radius 1 is 1.62 bits per heavy atom. The number of rotatable bonds is 4. The lowest BCUT2D eigenvalue weighted by Gasteiger charge is -2.04. The van der Waals surface area contributed by atoms with Crippen LogP contribution in [0.2, 0.25) is 0 Å². The van der Waals surface area contributed by atoms with Crippen LogP contribution in [0.5, 0.6) is 5.75 Å². The summed E-state index contributed by atoms with van der Waals surface area (Å²) in [5.74, 6) is 1.19. The Morgan fingerprint density at radius 2 is 2.44 bits per heavy atom. The first kappa shape index (κ1) is 11.3. The van der Waals surface area contributed by atoms with Gasteiger partial charge in [0.1, 0.15) is 11.6 Å². The van der Waals surface area contributed by atoms with Crippen LogP contribution in [-0.4, -0.2) is 24.9 Å². The standard InChI is InChI=1S/C12H14ClNO2/c1-16-9-4-2-3-8(5-9)10-6-11(10)14-12(15)7-13/h2-5,10-11H,6-7H2,1H3,(H,14,15)/t10-,11+/m0/s1. The van der Waals surface area contributed by atoms with Crippen LogP contribution in [0.15, 0.2) is 24.3 Å². The van der Waals surface area contributed by atoms with Crippen molar-refractivity contribution in [1.82, 2.24) is 5.32 Å². The van der Waals surface area contributed by atoms with E-state index < -0.39 is 0 Å². The zero-order chi connectivity index (χ0) is 11.5. The molecule has 0 bridgehead atoms. The van der Waals surface area contributed by atoms with E-state index in [9.17, 15) is 4.79 Å². The normalized spacial score (nSPS) is 22.6. The Kier molecular flexibility index (Phi) is 3.34. The number of nitrogens with one attached hydrogen (secondary N) is 1. The van der Waals surface area contributed by atoms with E-state index in [1.54, 1.807) is 7.11 Å². The van der Waals surface area contributed by atoms with Crippen molar-refractivity contribution < 1.29 is 9.53 Å². The zero-order valence-electron chi connectivity index (χ0n) is 9.07. The third-order valence-electron chi connectivity index (χ3n) is 2.78. The highest BCUT2D eigenvalue weighted by Gasteiger charge is 2.39. The Hall–Kier alpha value is -1.22. The number of methoxy groups -OCH3 is 1. The number of carbonyl (C=O) groups excluding carboxylic acids is 1. The summed E-state index contributed by atoms with van der Waals surface area (Å²) in [6.07, 6.45) is 0.982. The molecule has 0 spiro atoms. The molecule has 0 radical (unpaired) electrons. The van der Waals surface area contributed by atoms with Gasteiger partial charge in [-0.3, -0.25) is 4.79 Å². The summed E-state index contributed by atoms with van der Waals surface area (Å²) in [5.41, 5.74) is 1.21. The van der Waals surface area contributed by atoms with Gasteiger partial charge in [0.05, 0.1) is 7.11 Å². The highest BCUT2D eigenvalue weighted by atomic mass is 35.5. The van der Waals surface area contributed by atoms with Crippen molar-refractivity contribution in [2.45, 2.75) is 18.4 Å². The first-order valence-electron chi connectivity index (χ1n) is 5.24. The molecule has 3 nitrogen and oxygen atoms in total. The lowest BCUT2D eigenvalue weighted by Crippen LogP contribution is -2.27. The van der Waals surface area contributed by atoms with Crippen molar-refractivity contribution in [1.29, 1.82) is 0 Å². The molecule has 1 aromatic rings. The van der Waals surface area contributed by atoms with E-state index in [0.717, 1.165) is 12.2 Å². The molecule has 1 fully saturated rings. The second-order valence-corrected chi connectivity index (χ2v) is 4.19. The summed E-state index contributed by atoms with van der Waals surface area (Å²) < 4.78 is 5.16. The Morgan fingerprint density at radius 3 is 3.12 bits per heavy atom. The molecule has 1 aliphatic rings. The van der Waals surface area contributed by atoms with Crippen molar-refractivity contribution in [3.8, 4) is 5.75 Å². The van der Waals surface area contributed by atoms with E-state index >= 15 is 0 Å². The quantitative estimate of drug-likeness (QED) is 0.816. The molecule has 1 aromatic carbocycles. The molecule has 0 saturated heterocycles. The molecule has 16 heavy (non-hydrogen) atoms. The van der Waals surface area contributed by atoms with Gasteiger partial charge in [-0.2, -0.15) is 0 Å². The summed E-state index contributed by atoms with van der Waals surface area (Å²) in [7, 11) is 1.65. The van der Waals surface area contributed by atoms with Crippen LogP contribution in [0, 0.1) is 0 Å². The van der Waals surface area contributed by atoms with Gasteiger partial charge in [0.15, 0.2) is 0 Å². The minimum atomic E-state index is -0.0999. The van der Waals surface area contributed by atoms with Gasteiger partial charge in [0, 0.05) is 12.0 Å². The van der Waals surface area contributed by atoms with Crippen LogP contribution < -0.4 is 10.1 Å². The van der Waals surface area contributed by atoms with Gasteiger partial charge in [0.2, 0.25) is 5.91 Å². The molecule has 1 N–H and O–H groups in total. The topological polar surface area (TPSA) is 38.3 Å². The van der Waals surface area contributed by atoms with Crippen molar-refractivity contribution >= 4 is 17.5 Å². The molecule has 1 aliphatic carbocycles. The highest BCUT2D eigenvalue weighted by Crippen LogP contribution is 2.41. The van der Waals surface area contributed by atoms with Gasteiger partial charge in [-0.25, -0.2) is 0 Å². The van der Waals surface area contributed by atoms with E-state index in [0.29, 0.717) is 5.92 Å². The van der Waals surface area contributed by atoms with Crippen LogP contribution in [-0.2, 0) is 4.79 Å². The summed E-state index contributed by atoms with van der Waals surface area (Å²) in [4.78, 5) is 11.1. The SMILES string of the molecule is COc1cccc([C@@H]2C[C@H]2NC(=O)CCl)c1. The minimum absolute atomic E-state index is 0.0291. The van der Waals surface area contributed by atoms with Gasteiger partial charge in [-0.1, -0.05) is 12.1 Å². The molecule has 0 aliphatic heterocycles. The lowest BCUT2D eigenvalue weighted by atomic mass is 10.1. The molecule has 0 unspecified atom stereocenters. The second kappa shape index (κ2) is 4.74. The highest BCUT2D eigenvalue weighted by molar-refractivity contribution is 6.27. The number of amides is 1. The molecule has 4 heteroatoms. The number of halogens is 1. The van der Waals surface area contributed by atoms with Gasteiger partial charge < -0.3 is 10.1 Å². The van der Waals surface area contributed by atoms with Crippen LogP contribution >= 0.6 is 11.6 Å². The Bertz CT molecular complexity index is 394. The fourth-order valence-electron chi connectivity index (χ4n) is 1.84. The maximum Gasteiger partial charge on any atom is 0.235 e. The number of benzene rings is 1. The third-order valence-corrected chi connectivity index (χ3v) is 3.02. The fraction of sp³-hybridized carbons (Fsp3) is 0.417. The number of hydrogen-bond acceptors (Lipinski definition) is 2. The number of carbonyl (C=O) groups is 1. The molecular weight excluding hydrogens is 226 g/mol. The summed E-state index contributed by atoms with van der Waals surface area (Å²) in [5, 5.41) is 2.88. The number of ether oxygens (including phenoxy) is 1. The smallest absolute Gasteiger partial charge is 0.235 e. The molecule has 2 atom stereocenters.